The van der Waals surface area contributed by atoms with Gasteiger partial charge in [-0.25, -0.2) is 0 Å². The summed E-state index contributed by atoms with van der Waals surface area (Å²) in [5.74, 6) is -0.413. The average Bonchev–Trinajstić information content (AvgIpc) is 2.66. The van der Waals surface area contributed by atoms with Crippen molar-refractivity contribution in [2.45, 2.75) is 65.4 Å². The molecule has 0 aliphatic heterocycles. The summed E-state index contributed by atoms with van der Waals surface area (Å²) < 4.78 is 6.55. The van der Waals surface area contributed by atoms with Gasteiger partial charge in [-0.15, -0.1) is 0 Å². The predicted octanol–water partition coefficient (Wildman–Crippen LogP) is 6.32. The topological polar surface area (TPSA) is 55.4 Å². The molecule has 0 spiro atoms. The van der Waals surface area contributed by atoms with Crippen LogP contribution in [0.2, 0.25) is 0 Å². The molecule has 0 aliphatic carbocycles. The molecule has 0 aliphatic rings. The summed E-state index contributed by atoms with van der Waals surface area (Å²) >= 11 is 3.48. The van der Waals surface area contributed by atoms with Crippen LogP contribution in [0.15, 0.2) is 53.0 Å². The number of amides is 1. The molecule has 0 heterocycles. The lowest BCUT2D eigenvalue weighted by molar-refractivity contribution is -0.160. The number of esters is 1. The fourth-order valence-electron chi connectivity index (χ4n) is 3.22. The van der Waals surface area contributed by atoms with Gasteiger partial charge in [0.05, 0.1) is 12.3 Å². The Kier molecular flexibility index (Phi) is 9.09. The Hall–Kier alpha value is -2.14. The van der Waals surface area contributed by atoms with Gasteiger partial charge in [0.1, 0.15) is 5.60 Å². The summed E-state index contributed by atoms with van der Waals surface area (Å²) in [7, 11) is 0. The quantitative estimate of drug-likeness (QED) is 0.433. The molecule has 0 saturated heterocycles. The molecular formula is C25H32BrNO3. The summed E-state index contributed by atoms with van der Waals surface area (Å²) in [6, 6.07) is 15.4. The third kappa shape index (κ3) is 8.31. The SMILES string of the molecule is CCCCC(Cc1cccc(NC(=O)Cc2ccccc2Br)c1)C(=O)OC(C)(C)C. The zero-order chi connectivity index (χ0) is 22.1. The van der Waals surface area contributed by atoms with Crippen LogP contribution in [-0.2, 0) is 27.2 Å². The summed E-state index contributed by atoms with van der Waals surface area (Å²) in [5.41, 5.74) is 2.20. The first-order valence-electron chi connectivity index (χ1n) is 10.5. The number of carbonyl (C=O) groups excluding carboxylic acids is 2. The molecule has 162 valence electrons. The molecule has 1 amide bonds. The predicted molar refractivity (Wildman–Crippen MR) is 125 cm³/mol. The molecular weight excluding hydrogens is 442 g/mol. The van der Waals surface area contributed by atoms with Crippen LogP contribution >= 0.6 is 15.9 Å². The molecule has 30 heavy (non-hydrogen) atoms. The van der Waals surface area contributed by atoms with Crippen molar-refractivity contribution in [3.8, 4) is 0 Å². The van der Waals surface area contributed by atoms with Crippen molar-refractivity contribution in [3.05, 3.63) is 64.1 Å². The zero-order valence-corrected chi connectivity index (χ0v) is 19.9. The number of carbonyl (C=O) groups is 2. The Labute approximate surface area is 188 Å². The van der Waals surface area contributed by atoms with Gasteiger partial charge < -0.3 is 10.1 Å². The number of unbranched alkanes of at least 4 members (excludes halogenated alkanes) is 1. The zero-order valence-electron chi connectivity index (χ0n) is 18.3. The average molecular weight is 474 g/mol. The van der Waals surface area contributed by atoms with Crippen LogP contribution in [0.1, 0.15) is 58.1 Å². The fourth-order valence-corrected chi connectivity index (χ4v) is 3.64. The minimum absolute atomic E-state index is 0.0753. The van der Waals surface area contributed by atoms with E-state index in [1.165, 1.54) is 0 Å². The van der Waals surface area contributed by atoms with E-state index in [4.69, 9.17) is 4.74 Å². The number of hydrogen-bond acceptors (Lipinski definition) is 3. The van der Waals surface area contributed by atoms with E-state index in [1.807, 2.05) is 69.3 Å². The van der Waals surface area contributed by atoms with Crippen LogP contribution < -0.4 is 5.32 Å². The third-order valence-corrected chi connectivity index (χ3v) is 5.42. The van der Waals surface area contributed by atoms with Gasteiger partial charge in [0.25, 0.3) is 0 Å². The van der Waals surface area contributed by atoms with Gasteiger partial charge in [0.15, 0.2) is 0 Å². The Morgan fingerprint density at radius 2 is 1.83 bits per heavy atom. The second-order valence-electron chi connectivity index (χ2n) is 8.59. The van der Waals surface area contributed by atoms with Crippen LogP contribution in [0, 0.1) is 5.92 Å². The van der Waals surface area contributed by atoms with Crippen molar-refractivity contribution >= 4 is 33.5 Å². The van der Waals surface area contributed by atoms with E-state index in [2.05, 4.69) is 28.2 Å². The lowest BCUT2D eigenvalue weighted by atomic mass is 9.93. The summed E-state index contributed by atoms with van der Waals surface area (Å²) in [6.45, 7) is 7.79. The molecule has 0 aromatic heterocycles. The van der Waals surface area contributed by atoms with Crippen molar-refractivity contribution in [2.75, 3.05) is 5.32 Å². The van der Waals surface area contributed by atoms with E-state index in [-0.39, 0.29) is 17.8 Å². The van der Waals surface area contributed by atoms with Crippen molar-refractivity contribution in [2.24, 2.45) is 5.92 Å². The molecule has 1 unspecified atom stereocenters. The van der Waals surface area contributed by atoms with E-state index in [9.17, 15) is 9.59 Å². The van der Waals surface area contributed by atoms with Gasteiger partial charge in [-0.3, -0.25) is 9.59 Å². The minimum atomic E-state index is -0.497. The molecule has 2 aromatic rings. The standard InChI is InChI=1S/C25H32BrNO3/c1-5-6-11-20(24(29)30-25(2,3)4)15-18-10-9-13-21(16-18)27-23(28)17-19-12-7-8-14-22(19)26/h7-10,12-14,16,20H,5-6,11,15,17H2,1-4H3,(H,27,28). The first kappa shape index (κ1) is 24.1. The molecule has 4 nitrogen and oxygen atoms in total. The second kappa shape index (κ2) is 11.3. The van der Waals surface area contributed by atoms with Gasteiger partial charge >= 0.3 is 5.97 Å². The van der Waals surface area contributed by atoms with E-state index in [0.29, 0.717) is 12.8 Å². The van der Waals surface area contributed by atoms with E-state index >= 15 is 0 Å². The fraction of sp³-hybridized carbons (Fsp3) is 0.440. The van der Waals surface area contributed by atoms with Gasteiger partial charge in [-0.05, 0) is 62.9 Å². The highest BCUT2D eigenvalue weighted by molar-refractivity contribution is 9.10. The van der Waals surface area contributed by atoms with E-state index in [1.54, 1.807) is 0 Å². The summed E-state index contributed by atoms with van der Waals surface area (Å²) in [4.78, 5) is 25.1. The number of anilines is 1. The van der Waals surface area contributed by atoms with E-state index < -0.39 is 5.60 Å². The third-order valence-electron chi connectivity index (χ3n) is 4.65. The van der Waals surface area contributed by atoms with E-state index in [0.717, 1.165) is 40.5 Å². The van der Waals surface area contributed by atoms with Crippen molar-refractivity contribution in [1.29, 1.82) is 0 Å². The van der Waals surface area contributed by atoms with Gasteiger partial charge in [0, 0.05) is 10.2 Å². The molecule has 1 atom stereocenters. The van der Waals surface area contributed by atoms with Gasteiger partial charge in [-0.1, -0.05) is 66.0 Å². The number of hydrogen-bond donors (Lipinski definition) is 1. The van der Waals surface area contributed by atoms with Crippen molar-refractivity contribution in [1.82, 2.24) is 0 Å². The van der Waals surface area contributed by atoms with Crippen molar-refractivity contribution < 1.29 is 14.3 Å². The highest BCUT2D eigenvalue weighted by Gasteiger charge is 2.25. The Bertz CT molecular complexity index is 857. The molecule has 0 saturated carbocycles. The maximum Gasteiger partial charge on any atom is 0.309 e. The maximum atomic E-state index is 12.7. The number of benzene rings is 2. The molecule has 2 aromatic carbocycles. The molecule has 0 bridgehead atoms. The molecule has 0 fully saturated rings. The second-order valence-corrected chi connectivity index (χ2v) is 9.45. The Morgan fingerprint density at radius 3 is 2.50 bits per heavy atom. The highest BCUT2D eigenvalue weighted by Crippen LogP contribution is 2.22. The monoisotopic (exact) mass is 473 g/mol. The van der Waals surface area contributed by atoms with Crippen LogP contribution in [0.25, 0.3) is 0 Å². The number of rotatable bonds is 9. The smallest absolute Gasteiger partial charge is 0.309 e. The van der Waals surface area contributed by atoms with Gasteiger partial charge in [0.2, 0.25) is 5.91 Å². The molecule has 5 heteroatoms. The lowest BCUT2D eigenvalue weighted by Crippen LogP contribution is -2.29. The van der Waals surface area contributed by atoms with Crippen LogP contribution in [0.3, 0.4) is 0 Å². The van der Waals surface area contributed by atoms with Crippen molar-refractivity contribution in [3.63, 3.8) is 0 Å². The van der Waals surface area contributed by atoms with Crippen LogP contribution in [-0.4, -0.2) is 17.5 Å². The first-order valence-corrected chi connectivity index (χ1v) is 11.3. The lowest BCUT2D eigenvalue weighted by Gasteiger charge is -2.24. The highest BCUT2D eigenvalue weighted by atomic mass is 79.9. The maximum absolute atomic E-state index is 12.7. The first-order chi connectivity index (χ1) is 14.2. The number of nitrogens with one attached hydrogen (secondary N) is 1. The van der Waals surface area contributed by atoms with Gasteiger partial charge in [-0.2, -0.15) is 0 Å². The van der Waals surface area contributed by atoms with Crippen LogP contribution in [0.5, 0.6) is 0 Å². The molecule has 2 rings (SSSR count). The van der Waals surface area contributed by atoms with Crippen LogP contribution in [0.4, 0.5) is 5.69 Å². The summed E-state index contributed by atoms with van der Waals surface area (Å²) in [6.07, 6.45) is 3.70. The molecule has 1 N–H and O–H groups in total. The minimum Gasteiger partial charge on any atom is -0.460 e. The largest absolute Gasteiger partial charge is 0.460 e. The normalized spacial score (nSPS) is 12.3. The Morgan fingerprint density at radius 1 is 1.10 bits per heavy atom. The Balaban J connectivity index is 2.05. The number of halogens is 1. The summed E-state index contributed by atoms with van der Waals surface area (Å²) in [5, 5.41) is 2.97. The molecule has 0 radical (unpaired) electrons. The number of ether oxygens (including phenoxy) is 1.